The summed E-state index contributed by atoms with van der Waals surface area (Å²) in [5, 5.41) is 10.4. The molecular weight excluding hydrogens is 268 g/mol. The Morgan fingerprint density at radius 1 is 1.09 bits per heavy atom. The van der Waals surface area contributed by atoms with Crippen LogP contribution in [0.1, 0.15) is 71.1 Å². The Kier molecular flexibility index (Phi) is 3.66. The summed E-state index contributed by atoms with van der Waals surface area (Å²) in [6.45, 7) is 6.47. The lowest BCUT2D eigenvalue weighted by Crippen LogP contribution is -2.46. The van der Waals surface area contributed by atoms with Gasteiger partial charge < -0.3 is 5.11 Å². The number of aliphatic hydroxyl groups excluding tert-OH is 1. The Morgan fingerprint density at radius 2 is 1.95 bits per heavy atom. The summed E-state index contributed by atoms with van der Waals surface area (Å²) < 4.78 is 0. The largest absolute Gasteiger partial charge is 0.512 e. The zero-order valence-electron chi connectivity index (χ0n) is 14.2. The first kappa shape index (κ1) is 14.8. The van der Waals surface area contributed by atoms with Gasteiger partial charge in [0.15, 0.2) is 0 Å². The van der Waals surface area contributed by atoms with Crippen LogP contribution in [0.5, 0.6) is 0 Å². The van der Waals surface area contributed by atoms with Crippen LogP contribution in [0.4, 0.5) is 0 Å². The van der Waals surface area contributed by atoms with Crippen LogP contribution in [0, 0.1) is 35.0 Å². The van der Waals surface area contributed by atoms with Crippen LogP contribution < -0.4 is 0 Å². The molecule has 0 aromatic heterocycles. The maximum Gasteiger partial charge on any atom is 0.0920 e. The Balaban J connectivity index is 1.58. The SMILES string of the molecule is C=CCC1=C(O)CC2CC[C@@H]3[C@H](CC[C@]4(C)CCC[C@@H]34)[C@H]2C1. The number of allylic oxidation sites excluding steroid dienone is 3. The van der Waals surface area contributed by atoms with Crippen LogP contribution in [0.3, 0.4) is 0 Å². The maximum absolute atomic E-state index is 10.4. The second kappa shape index (κ2) is 5.42. The molecule has 1 nitrogen and oxygen atoms in total. The first-order chi connectivity index (χ1) is 10.6. The van der Waals surface area contributed by atoms with Crippen molar-refractivity contribution in [1.82, 2.24) is 0 Å². The molecule has 0 aliphatic heterocycles. The molecule has 0 saturated heterocycles. The Hall–Kier alpha value is -0.720. The fourth-order valence-corrected chi connectivity index (χ4v) is 6.97. The minimum atomic E-state index is 0.671. The number of hydrogen-bond donors (Lipinski definition) is 1. The average Bonchev–Trinajstić information content (AvgIpc) is 2.90. The van der Waals surface area contributed by atoms with Crippen LogP contribution in [0.15, 0.2) is 24.0 Å². The lowest BCUT2D eigenvalue weighted by Gasteiger charge is -2.54. The fourth-order valence-electron chi connectivity index (χ4n) is 6.97. The van der Waals surface area contributed by atoms with Crippen molar-refractivity contribution in [2.24, 2.45) is 35.0 Å². The van der Waals surface area contributed by atoms with E-state index in [0.717, 1.165) is 48.9 Å². The predicted molar refractivity (Wildman–Crippen MR) is 91.6 cm³/mol. The van der Waals surface area contributed by atoms with Gasteiger partial charge in [-0.15, -0.1) is 6.58 Å². The van der Waals surface area contributed by atoms with Crippen LogP contribution in [-0.4, -0.2) is 5.11 Å². The second-order valence-corrected chi connectivity index (χ2v) is 8.97. The van der Waals surface area contributed by atoms with Crippen LogP contribution >= 0.6 is 0 Å². The van der Waals surface area contributed by atoms with Crippen LogP contribution in [0.25, 0.3) is 0 Å². The molecule has 22 heavy (non-hydrogen) atoms. The lowest BCUT2D eigenvalue weighted by atomic mass is 9.51. The van der Waals surface area contributed by atoms with Crippen LogP contribution in [-0.2, 0) is 0 Å². The van der Waals surface area contributed by atoms with E-state index in [0.29, 0.717) is 11.2 Å². The van der Waals surface area contributed by atoms with Crippen LogP contribution in [0.2, 0.25) is 0 Å². The van der Waals surface area contributed by atoms with Gasteiger partial charge in [0.1, 0.15) is 0 Å². The summed E-state index contributed by atoms with van der Waals surface area (Å²) in [6, 6.07) is 0. The molecule has 0 spiro atoms. The molecule has 122 valence electrons. The third kappa shape index (κ3) is 2.19. The molecule has 0 amide bonds. The van der Waals surface area contributed by atoms with Crippen molar-refractivity contribution >= 4 is 0 Å². The van der Waals surface area contributed by atoms with Crippen molar-refractivity contribution in [2.45, 2.75) is 71.1 Å². The van der Waals surface area contributed by atoms with Gasteiger partial charge in [0, 0.05) is 6.42 Å². The molecule has 3 saturated carbocycles. The smallest absolute Gasteiger partial charge is 0.0920 e. The molecule has 0 aromatic rings. The second-order valence-electron chi connectivity index (χ2n) is 8.97. The molecule has 3 fully saturated rings. The average molecular weight is 300 g/mol. The molecule has 0 aromatic carbocycles. The van der Waals surface area contributed by atoms with E-state index in [4.69, 9.17) is 0 Å². The summed E-state index contributed by atoms with van der Waals surface area (Å²) in [7, 11) is 0. The first-order valence-corrected chi connectivity index (χ1v) is 9.63. The van der Waals surface area contributed by atoms with Gasteiger partial charge in [-0.2, -0.15) is 0 Å². The number of fused-ring (bicyclic) bond motifs is 5. The zero-order chi connectivity index (χ0) is 15.3. The van der Waals surface area contributed by atoms with Crippen molar-refractivity contribution in [3.8, 4) is 0 Å². The molecule has 6 atom stereocenters. The van der Waals surface area contributed by atoms with Crippen molar-refractivity contribution in [2.75, 3.05) is 0 Å². The predicted octanol–water partition coefficient (Wildman–Crippen LogP) is 6.03. The van der Waals surface area contributed by atoms with E-state index in [-0.39, 0.29) is 0 Å². The van der Waals surface area contributed by atoms with E-state index < -0.39 is 0 Å². The van der Waals surface area contributed by atoms with Gasteiger partial charge in [-0.1, -0.05) is 19.4 Å². The normalized spacial score (nSPS) is 47.6. The molecule has 1 N–H and O–H groups in total. The number of aliphatic hydroxyl groups is 1. The molecular formula is C21H32O. The van der Waals surface area contributed by atoms with Gasteiger partial charge in [-0.3, -0.25) is 0 Å². The monoisotopic (exact) mass is 300 g/mol. The molecule has 0 radical (unpaired) electrons. The highest BCUT2D eigenvalue weighted by Crippen LogP contribution is 2.62. The van der Waals surface area contributed by atoms with Gasteiger partial charge in [-0.05, 0) is 91.9 Å². The van der Waals surface area contributed by atoms with E-state index in [9.17, 15) is 5.11 Å². The summed E-state index contributed by atoms with van der Waals surface area (Å²) >= 11 is 0. The molecule has 4 aliphatic rings. The first-order valence-electron chi connectivity index (χ1n) is 9.63. The zero-order valence-corrected chi connectivity index (χ0v) is 14.2. The van der Waals surface area contributed by atoms with Gasteiger partial charge in [-0.25, -0.2) is 0 Å². The summed E-state index contributed by atoms with van der Waals surface area (Å²) in [4.78, 5) is 0. The number of rotatable bonds is 2. The molecule has 4 aliphatic carbocycles. The molecule has 0 bridgehead atoms. The van der Waals surface area contributed by atoms with Gasteiger partial charge in [0.05, 0.1) is 5.76 Å². The lowest BCUT2D eigenvalue weighted by molar-refractivity contribution is -0.0423. The standard InChI is InChI=1S/C21H32O/c1-3-5-15-12-18-14(13-20(15)22)7-8-17-16(18)9-11-21(2)10-4-6-19(17)21/h3,14,16-19,22H,1,4-13H2,2H3/t14?,16-,17+,18-,19-,21-/m0/s1. The van der Waals surface area contributed by atoms with E-state index in [1.165, 1.54) is 50.5 Å². The van der Waals surface area contributed by atoms with Gasteiger partial charge >= 0.3 is 0 Å². The molecule has 1 heteroatoms. The van der Waals surface area contributed by atoms with Crippen molar-refractivity contribution in [3.63, 3.8) is 0 Å². The highest BCUT2D eigenvalue weighted by Gasteiger charge is 2.53. The van der Waals surface area contributed by atoms with E-state index >= 15 is 0 Å². The highest BCUT2D eigenvalue weighted by atomic mass is 16.3. The van der Waals surface area contributed by atoms with Gasteiger partial charge in [0.2, 0.25) is 0 Å². The minimum absolute atomic E-state index is 0.671. The van der Waals surface area contributed by atoms with E-state index in [1.54, 1.807) is 0 Å². The molecule has 4 rings (SSSR count). The number of hydrogen-bond acceptors (Lipinski definition) is 1. The maximum atomic E-state index is 10.4. The third-order valence-corrected chi connectivity index (χ3v) is 8.04. The Bertz CT molecular complexity index is 490. The van der Waals surface area contributed by atoms with Crippen molar-refractivity contribution in [1.29, 1.82) is 0 Å². The van der Waals surface area contributed by atoms with Crippen molar-refractivity contribution < 1.29 is 5.11 Å². The Labute approximate surface area is 135 Å². The highest BCUT2D eigenvalue weighted by molar-refractivity contribution is 5.18. The third-order valence-electron chi connectivity index (χ3n) is 8.04. The summed E-state index contributed by atoms with van der Waals surface area (Å²) in [5.41, 5.74) is 1.97. The topological polar surface area (TPSA) is 20.2 Å². The molecule has 1 unspecified atom stereocenters. The summed E-state index contributed by atoms with van der Waals surface area (Å²) in [5.74, 6) is 5.28. The minimum Gasteiger partial charge on any atom is -0.512 e. The van der Waals surface area contributed by atoms with Gasteiger partial charge in [0.25, 0.3) is 0 Å². The summed E-state index contributed by atoms with van der Waals surface area (Å²) in [6.07, 6.45) is 15.2. The fraction of sp³-hybridized carbons (Fsp3) is 0.810. The molecule has 0 heterocycles. The van der Waals surface area contributed by atoms with Crippen molar-refractivity contribution in [3.05, 3.63) is 24.0 Å². The van der Waals surface area contributed by atoms with E-state index in [2.05, 4.69) is 13.5 Å². The quantitative estimate of drug-likeness (QED) is 0.617. The van der Waals surface area contributed by atoms with E-state index in [1.807, 2.05) is 6.08 Å². The Morgan fingerprint density at radius 3 is 2.77 bits per heavy atom.